The van der Waals surface area contributed by atoms with Gasteiger partial charge < -0.3 is 5.32 Å². The molecule has 1 amide bonds. The van der Waals surface area contributed by atoms with E-state index < -0.39 is 17.6 Å². The van der Waals surface area contributed by atoms with E-state index in [0.29, 0.717) is 0 Å². The lowest BCUT2D eigenvalue weighted by atomic mass is 9.98. The average Bonchev–Trinajstić information content (AvgIpc) is 2.70. The maximum absolute atomic E-state index is 13.1. The van der Waals surface area contributed by atoms with Crippen LogP contribution < -0.4 is 10.6 Å². The van der Waals surface area contributed by atoms with Crippen LogP contribution in [-0.2, 0) is 11.0 Å². The van der Waals surface area contributed by atoms with Crippen LogP contribution in [0.2, 0.25) is 0 Å². The van der Waals surface area contributed by atoms with E-state index in [-0.39, 0.29) is 18.3 Å². The van der Waals surface area contributed by atoms with Gasteiger partial charge >= 0.3 is 6.18 Å². The fraction of sp³-hybridized carbons (Fsp3) is 0.174. The number of carbonyl (C=O) groups excluding carboxylic acids is 1. The highest BCUT2D eigenvalue weighted by molar-refractivity contribution is 5.93. The average molecular weight is 398 g/mol. The fourth-order valence-corrected chi connectivity index (χ4v) is 3.06. The van der Waals surface area contributed by atoms with Gasteiger partial charge in [0.15, 0.2) is 0 Å². The van der Waals surface area contributed by atoms with Crippen LogP contribution in [0.5, 0.6) is 0 Å². The molecule has 3 rings (SSSR count). The summed E-state index contributed by atoms with van der Waals surface area (Å²) in [5, 5.41) is 5.52. The maximum atomic E-state index is 13.1. The third kappa shape index (κ3) is 5.45. The van der Waals surface area contributed by atoms with E-state index in [1.165, 1.54) is 18.2 Å². The van der Waals surface area contributed by atoms with Crippen molar-refractivity contribution in [2.24, 2.45) is 0 Å². The first-order valence-electron chi connectivity index (χ1n) is 9.15. The van der Waals surface area contributed by atoms with Gasteiger partial charge in [-0.15, -0.1) is 0 Å². The molecule has 3 aromatic rings. The summed E-state index contributed by atoms with van der Waals surface area (Å²) in [5.41, 5.74) is 1.91. The summed E-state index contributed by atoms with van der Waals surface area (Å²) in [4.78, 5) is 12.4. The van der Waals surface area contributed by atoms with Gasteiger partial charge in [0.25, 0.3) is 0 Å². The first kappa shape index (κ1) is 20.6. The molecule has 0 fully saturated rings. The van der Waals surface area contributed by atoms with Crippen molar-refractivity contribution in [2.75, 3.05) is 11.9 Å². The molecule has 0 spiro atoms. The Morgan fingerprint density at radius 1 is 0.862 bits per heavy atom. The number of hydrogen-bond donors (Lipinski definition) is 2. The van der Waals surface area contributed by atoms with Gasteiger partial charge in [-0.25, -0.2) is 0 Å². The fourth-order valence-electron chi connectivity index (χ4n) is 3.06. The van der Waals surface area contributed by atoms with Crippen LogP contribution in [0.4, 0.5) is 18.9 Å². The Hall–Kier alpha value is -3.12. The van der Waals surface area contributed by atoms with E-state index in [0.717, 1.165) is 22.8 Å². The van der Waals surface area contributed by atoms with Crippen LogP contribution in [0.25, 0.3) is 0 Å². The van der Waals surface area contributed by atoms with Crippen molar-refractivity contribution in [3.63, 3.8) is 0 Å². The second-order valence-corrected chi connectivity index (χ2v) is 6.73. The van der Waals surface area contributed by atoms with Gasteiger partial charge in [0, 0.05) is 0 Å². The molecule has 0 unspecified atom stereocenters. The Morgan fingerprint density at radius 2 is 1.45 bits per heavy atom. The quantitative estimate of drug-likeness (QED) is 0.589. The smallest absolute Gasteiger partial charge is 0.324 e. The highest BCUT2D eigenvalue weighted by Crippen LogP contribution is 2.34. The Bertz CT molecular complexity index is 954. The predicted octanol–water partition coefficient (Wildman–Crippen LogP) is 5.33. The van der Waals surface area contributed by atoms with Crippen LogP contribution in [0.1, 0.15) is 28.3 Å². The third-order valence-electron chi connectivity index (χ3n) is 4.52. The van der Waals surface area contributed by atoms with E-state index in [1.807, 2.05) is 61.5 Å². The lowest BCUT2D eigenvalue weighted by molar-refractivity contribution is -0.137. The monoisotopic (exact) mass is 398 g/mol. The maximum Gasteiger partial charge on any atom is 0.418 e. The lowest BCUT2D eigenvalue weighted by Crippen LogP contribution is -2.32. The molecule has 150 valence electrons. The van der Waals surface area contributed by atoms with Crippen molar-refractivity contribution in [3.05, 3.63) is 101 Å². The van der Waals surface area contributed by atoms with Crippen molar-refractivity contribution in [2.45, 2.75) is 19.1 Å². The molecule has 0 saturated carbocycles. The van der Waals surface area contributed by atoms with E-state index >= 15 is 0 Å². The summed E-state index contributed by atoms with van der Waals surface area (Å²) in [5.74, 6) is -0.547. The molecule has 0 bridgehead atoms. The number of rotatable bonds is 6. The second-order valence-electron chi connectivity index (χ2n) is 6.73. The number of nitrogens with one attached hydrogen (secondary N) is 2. The third-order valence-corrected chi connectivity index (χ3v) is 4.52. The molecule has 0 heterocycles. The van der Waals surface area contributed by atoms with Crippen molar-refractivity contribution in [1.29, 1.82) is 0 Å². The van der Waals surface area contributed by atoms with Crippen molar-refractivity contribution in [3.8, 4) is 0 Å². The summed E-state index contributed by atoms with van der Waals surface area (Å²) in [6, 6.07) is 22.1. The topological polar surface area (TPSA) is 41.1 Å². The highest BCUT2D eigenvalue weighted by atomic mass is 19.4. The van der Waals surface area contributed by atoms with Gasteiger partial charge in [-0.2, -0.15) is 13.2 Å². The Labute approximate surface area is 167 Å². The minimum Gasteiger partial charge on any atom is -0.324 e. The van der Waals surface area contributed by atoms with Gasteiger partial charge in [-0.1, -0.05) is 72.3 Å². The molecule has 0 aliphatic heterocycles. The zero-order valence-corrected chi connectivity index (χ0v) is 15.8. The van der Waals surface area contributed by atoms with Crippen molar-refractivity contribution < 1.29 is 18.0 Å². The molecule has 1 atom stereocenters. The van der Waals surface area contributed by atoms with Gasteiger partial charge in [0.1, 0.15) is 0 Å². The number of aryl methyl sites for hydroxylation is 1. The molecule has 3 nitrogen and oxygen atoms in total. The largest absolute Gasteiger partial charge is 0.418 e. The molecule has 0 aliphatic carbocycles. The Balaban J connectivity index is 1.75. The molecule has 0 saturated heterocycles. The zero-order chi connectivity index (χ0) is 20.9. The number of benzene rings is 3. The van der Waals surface area contributed by atoms with Crippen LogP contribution in [0, 0.1) is 6.92 Å². The van der Waals surface area contributed by atoms with Crippen molar-refractivity contribution >= 4 is 11.6 Å². The molecule has 6 heteroatoms. The number of amides is 1. The molecular weight excluding hydrogens is 377 g/mol. The first-order chi connectivity index (χ1) is 13.8. The highest BCUT2D eigenvalue weighted by Gasteiger charge is 2.33. The molecule has 2 N–H and O–H groups in total. The standard InChI is InChI=1S/C23H21F3N2O/c1-16-11-13-18(14-12-16)22(17-7-3-2-4-8-17)27-15-21(29)28-20-10-6-5-9-19(20)23(24,25)26/h2-14,22,27H,15H2,1H3,(H,28,29)/t22-/m1/s1. The lowest BCUT2D eigenvalue weighted by Gasteiger charge is -2.20. The van der Waals surface area contributed by atoms with Crippen LogP contribution in [0.15, 0.2) is 78.9 Å². The minimum atomic E-state index is -4.54. The Morgan fingerprint density at radius 3 is 2.10 bits per heavy atom. The number of anilines is 1. The van der Waals surface area contributed by atoms with Gasteiger partial charge in [-0.3, -0.25) is 10.1 Å². The molecule has 3 aromatic carbocycles. The number of halogens is 3. The molecule has 0 aliphatic rings. The van der Waals surface area contributed by atoms with E-state index in [2.05, 4.69) is 10.6 Å². The second kappa shape index (κ2) is 8.92. The van der Waals surface area contributed by atoms with Crippen LogP contribution in [0.3, 0.4) is 0 Å². The van der Waals surface area contributed by atoms with Crippen LogP contribution in [-0.4, -0.2) is 12.5 Å². The minimum absolute atomic E-state index is 0.139. The first-order valence-corrected chi connectivity index (χ1v) is 9.15. The summed E-state index contributed by atoms with van der Waals surface area (Å²) in [6.07, 6.45) is -4.54. The Kier molecular flexibility index (Phi) is 6.34. The van der Waals surface area contributed by atoms with E-state index in [9.17, 15) is 18.0 Å². The van der Waals surface area contributed by atoms with E-state index in [4.69, 9.17) is 0 Å². The summed E-state index contributed by atoms with van der Waals surface area (Å²) < 4.78 is 39.4. The predicted molar refractivity (Wildman–Crippen MR) is 108 cm³/mol. The number of hydrogen-bond acceptors (Lipinski definition) is 2. The van der Waals surface area contributed by atoms with Crippen molar-refractivity contribution in [1.82, 2.24) is 5.32 Å². The summed E-state index contributed by atoms with van der Waals surface area (Å²) >= 11 is 0. The summed E-state index contributed by atoms with van der Waals surface area (Å²) in [7, 11) is 0. The number of carbonyl (C=O) groups is 1. The molecule has 0 aromatic heterocycles. The van der Waals surface area contributed by atoms with Crippen LogP contribution >= 0.6 is 0 Å². The normalized spacial score (nSPS) is 12.4. The molecular formula is C23H21F3N2O. The molecule has 0 radical (unpaired) electrons. The van der Waals surface area contributed by atoms with E-state index in [1.54, 1.807) is 0 Å². The molecule has 29 heavy (non-hydrogen) atoms. The number of alkyl halides is 3. The zero-order valence-electron chi connectivity index (χ0n) is 15.8. The van der Waals surface area contributed by atoms with Gasteiger partial charge in [0.2, 0.25) is 5.91 Å². The summed E-state index contributed by atoms with van der Waals surface area (Å²) in [6.45, 7) is 1.85. The number of para-hydroxylation sites is 1. The van der Waals surface area contributed by atoms with Gasteiger partial charge in [0.05, 0.1) is 23.8 Å². The van der Waals surface area contributed by atoms with Gasteiger partial charge in [-0.05, 0) is 30.2 Å². The SMILES string of the molecule is Cc1ccc([C@H](NCC(=O)Nc2ccccc2C(F)(F)F)c2ccccc2)cc1.